The van der Waals surface area contributed by atoms with Gasteiger partial charge < -0.3 is 24.6 Å². The van der Waals surface area contributed by atoms with Crippen molar-refractivity contribution in [1.29, 1.82) is 0 Å². The molecule has 0 bridgehead atoms. The lowest BCUT2D eigenvalue weighted by Crippen LogP contribution is -2.55. The monoisotopic (exact) mass is 375 g/mol. The fraction of sp³-hybridized carbons (Fsp3) is 0.600. The van der Waals surface area contributed by atoms with Gasteiger partial charge in [-0.25, -0.2) is 4.79 Å². The lowest BCUT2D eigenvalue weighted by molar-refractivity contribution is -0.134. The highest BCUT2D eigenvalue weighted by atomic mass is 16.5. The minimum Gasteiger partial charge on any atom is -0.497 e. The van der Waals surface area contributed by atoms with Crippen LogP contribution in [0.2, 0.25) is 0 Å². The molecule has 1 aromatic carbocycles. The van der Waals surface area contributed by atoms with Crippen molar-refractivity contribution < 1.29 is 19.1 Å². The van der Waals surface area contributed by atoms with Crippen LogP contribution in [0.1, 0.15) is 32.1 Å². The first kappa shape index (κ1) is 19.3. The summed E-state index contributed by atoms with van der Waals surface area (Å²) >= 11 is 0. The number of nitrogens with zero attached hydrogens (tertiary/aromatic N) is 2. The van der Waals surface area contributed by atoms with Crippen molar-refractivity contribution in [3.05, 3.63) is 24.3 Å². The van der Waals surface area contributed by atoms with Crippen LogP contribution in [0.4, 0.5) is 4.79 Å². The van der Waals surface area contributed by atoms with E-state index in [1.165, 1.54) is 19.3 Å². The molecule has 27 heavy (non-hydrogen) atoms. The highest BCUT2D eigenvalue weighted by Gasteiger charge is 2.26. The molecule has 1 heterocycles. The number of hydrogen-bond acceptors (Lipinski definition) is 4. The Morgan fingerprint density at radius 1 is 0.963 bits per heavy atom. The Kier molecular flexibility index (Phi) is 6.79. The molecule has 0 atom stereocenters. The molecular formula is C20H29N3O4. The van der Waals surface area contributed by atoms with Gasteiger partial charge in [0.15, 0.2) is 6.61 Å². The van der Waals surface area contributed by atoms with Gasteiger partial charge in [-0.05, 0) is 37.1 Å². The van der Waals surface area contributed by atoms with Gasteiger partial charge in [-0.3, -0.25) is 4.79 Å². The number of nitrogens with one attached hydrogen (secondary N) is 1. The predicted molar refractivity (Wildman–Crippen MR) is 102 cm³/mol. The Hall–Kier alpha value is -2.44. The molecule has 2 fully saturated rings. The molecule has 7 heteroatoms. The van der Waals surface area contributed by atoms with Gasteiger partial charge >= 0.3 is 6.03 Å². The number of benzene rings is 1. The smallest absolute Gasteiger partial charge is 0.317 e. The highest BCUT2D eigenvalue weighted by Crippen LogP contribution is 2.18. The molecule has 0 spiro atoms. The number of urea groups is 1. The van der Waals surface area contributed by atoms with Crippen LogP contribution in [0.15, 0.2) is 24.3 Å². The molecule has 7 nitrogen and oxygen atoms in total. The number of amides is 3. The zero-order valence-electron chi connectivity index (χ0n) is 16.0. The molecule has 2 aliphatic rings. The van der Waals surface area contributed by atoms with E-state index in [0.29, 0.717) is 38.0 Å². The second-order valence-electron chi connectivity index (χ2n) is 7.12. The summed E-state index contributed by atoms with van der Waals surface area (Å²) in [4.78, 5) is 28.3. The van der Waals surface area contributed by atoms with Gasteiger partial charge in [-0.1, -0.05) is 19.3 Å². The van der Waals surface area contributed by atoms with Crippen molar-refractivity contribution in [2.75, 3.05) is 39.9 Å². The number of rotatable bonds is 5. The van der Waals surface area contributed by atoms with Crippen LogP contribution >= 0.6 is 0 Å². The normalized spacial score (nSPS) is 18.1. The van der Waals surface area contributed by atoms with Gasteiger partial charge in [0.25, 0.3) is 5.91 Å². The summed E-state index contributed by atoms with van der Waals surface area (Å²) in [7, 11) is 1.61. The maximum Gasteiger partial charge on any atom is 0.317 e. The Morgan fingerprint density at radius 2 is 1.56 bits per heavy atom. The number of hydrogen-bond donors (Lipinski definition) is 1. The van der Waals surface area contributed by atoms with Gasteiger partial charge in [-0.2, -0.15) is 0 Å². The van der Waals surface area contributed by atoms with Gasteiger partial charge in [-0.15, -0.1) is 0 Å². The predicted octanol–water partition coefficient (Wildman–Crippen LogP) is 2.26. The van der Waals surface area contributed by atoms with Gasteiger partial charge in [0.1, 0.15) is 11.5 Å². The third-order valence-corrected chi connectivity index (χ3v) is 5.27. The van der Waals surface area contributed by atoms with Gasteiger partial charge in [0.2, 0.25) is 0 Å². The number of ether oxygens (including phenoxy) is 2. The molecule has 1 N–H and O–H groups in total. The van der Waals surface area contributed by atoms with E-state index in [4.69, 9.17) is 9.47 Å². The third kappa shape index (κ3) is 5.52. The first-order valence-corrected chi connectivity index (χ1v) is 9.76. The fourth-order valence-electron chi connectivity index (χ4n) is 3.58. The first-order chi connectivity index (χ1) is 13.2. The van der Waals surface area contributed by atoms with Crippen molar-refractivity contribution in [3.8, 4) is 11.5 Å². The van der Waals surface area contributed by atoms with Crippen LogP contribution in [0, 0.1) is 0 Å². The van der Waals surface area contributed by atoms with E-state index in [-0.39, 0.29) is 18.5 Å². The van der Waals surface area contributed by atoms with Crippen LogP contribution in [-0.4, -0.2) is 67.7 Å². The number of carbonyl (C=O) groups excluding carboxylic acids is 2. The maximum absolute atomic E-state index is 12.4. The number of methoxy groups -OCH3 is 1. The molecule has 0 radical (unpaired) electrons. The first-order valence-electron chi connectivity index (χ1n) is 9.76. The Bertz CT molecular complexity index is 621. The van der Waals surface area contributed by atoms with Gasteiger partial charge in [0.05, 0.1) is 7.11 Å². The molecule has 1 aliphatic heterocycles. The average Bonchev–Trinajstić information content (AvgIpc) is 2.73. The summed E-state index contributed by atoms with van der Waals surface area (Å²) in [5, 5.41) is 3.14. The summed E-state index contributed by atoms with van der Waals surface area (Å²) in [5.41, 5.74) is 0. The molecule has 1 aromatic rings. The standard InChI is InChI=1S/C20H29N3O4/c1-26-17-7-9-18(10-8-17)27-15-19(24)22-11-13-23(14-12-22)20(25)21-16-5-3-2-4-6-16/h7-10,16H,2-6,11-15H2,1H3,(H,21,25). The topological polar surface area (TPSA) is 71.1 Å². The highest BCUT2D eigenvalue weighted by molar-refractivity contribution is 5.79. The van der Waals surface area contributed by atoms with E-state index in [1.807, 2.05) is 4.90 Å². The maximum atomic E-state index is 12.4. The minimum atomic E-state index is -0.0573. The van der Waals surface area contributed by atoms with Crippen LogP contribution < -0.4 is 14.8 Å². The summed E-state index contributed by atoms with van der Waals surface area (Å²) in [6.07, 6.45) is 5.81. The Morgan fingerprint density at radius 3 is 2.19 bits per heavy atom. The number of carbonyl (C=O) groups is 2. The zero-order valence-corrected chi connectivity index (χ0v) is 16.0. The summed E-state index contributed by atoms with van der Waals surface area (Å²) in [6.45, 7) is 2.21. The largest absolute Gasteiger partial charge is 0.497 e. The summed E-state index contributed by atoms with van der Waals surface area (Å²) < 4.78 is 10.7. The fourth-order valence-corrected chi connectivity index (χ4v) is 3.58. The molecule has 3 amide bonds. The van der Waals surface area contributed by atoms with E-state index in [1.54, 1.807) is 36.3 Å². The molecule has 0 unspecified atom stereocenters. The SMILES string of the molecule is COc1ccc(OCC(=O)N2CCN(C(=O)NC3CCCCC3)CC2)cc1. The molecular weight excluding hydrogens is 346 g/mol. The lowest BCUT2D eigenvalue weighted by atomic mass is 9.96. The lowest BCUT2D eigenvalue weighted by Gasteiger charge is -2.36. The van der Waals surface area contributed by atoms with E-state index in [0.717, 1.165) is 18.6 Å². The minimum absolute atomic E-state index is 0.000595. The quantitative estimate of drug-likeness (QED) is 0.857. The van der Waals surface area contributed by atoms with Crippen molar-refractivity contribution in [2.24, 2.45) is 0 Å². The molecule has 148 valence electrons. The number of piperazine rings is 1. The van der Waals surface area contributed by atoms with Crippen LogP contribution in [0.3, 0.4) is 0 Å². The second-order valence-corrected chi connectivity index (χ2v) is 7.12. The Labute approximate surface area is 160 Å². The van der Waals surface area contributed by atoms with Crippen LogP contribution in [-0.2, 0) is 4.79 Å². The van der Waals surface area contributed by atoms with Crippen LogP contribution in [0.5, 0.6) is 11.5 Å². The second kappa shape index (κ2) is 9.48. The molecule has 1 saturated heterocycles. The molecule has 3 rings (SSSR count). The summed E-state index contributed by atoms with van der Waals surface area (Å²) in [5.74, 6) is 1.32. The Balaban J connectivity index is 1.38. The van der Waals surface area contributed by atoms with E-state index >= 15 is 0 Å². The molecule has 1 aliphatic carbocycles. The van der Waals surface area contributed by atoms with Crippen molar-refractivity contribution in [1.82, 2.24) is 15.1 Å². The average molecular weight is 375 g/mol. The zero-order chi connectivity index (χ0) is 19.1. The van der Waals surface area contributed by atoms with Crippen molar-refractivity contribution >= 4 is 11.9 Å². The van der Waals surface area contributed by atoms with E-state index in [9.17, 15) is 9.59 Å². The molecule has 1 saturated carbocycles. The summed E-state index contributed by atoms with van der Waals surface area (Å²) in [6, 6.07) is 7.46. The van der Waals surface area contributed by atoms with E-state index < -0.39 is 0 Å². The van der Waals surface area contributed by atoms with Gasteiger partial charge in [0, 0.05) is 32.2 Å². The third-order valence-electron chi connectivity index (χ3n) is 5.27. The molecule has 0 aromatic heterocycles. The van der Waals surface area contributed by atoms with Crippen molar-refractivity contribution in [3.63, 3.8) is 0 Å². The van der Waals surface area contributed by atoms with Crippen LogP contribution in [0.25, 0.3) is 0 Å². The van der Waals surface area contributed by atoms with E-state index in [2.05, 4.69) is 5.32 Å². The van der Waals surface area contributed by atoms with Crippen molar-refractivity contribution in [2.45, 2.75) is 38.1 Å².